The number of carbonyl (C=O) groups is 1. The molecule has 1 heterocycles. The Labute approximate surface area is 128 Å². The summed E-state index contributed by atoms with van der Waals surface area (Å²) in [6.45, 7) is 1.80. The third kappa shape index (κ3) is 3.36. The molecule has 5 nitrogen and oxygen atoms in total. The van der Waals surface area contributed by atoms with Crippen LogP contribution in [0, 0.1) is 0 Å². The van der Waals surface area contributed by atoms with E-state index in [4.69, 9.17) is 9.84 Å². The first-order valence-electron chi connectivity index (χ1n) is 6.55. The van der Waals surface area contributed by atoms with Crippen molar-refractivity contribution in [1.29, 1.82) is 0 Å². The van der Waals surface area contributed by atoms with Crippen LogP contribution < -0.4 is 10.3 Å². The van der Waals surface area contributed by atoms with Crippen LogP contribution in [0.15, 0.2) is 41.3 Å². The number of aromatic nitrogens is 1. The van der Waals surface area contributed by atoms with Crippen LogP contribution in [0.4, 0.5) is 13.2 Å². The number of hydrogen-bond donors (Lipinski definition) is 1. The molecule has 0 fully saturated rings. The van der Waals surface area contributed by atoms with Crippen molar-refractivity contribution in [2.45, 2.75) is 13.1 Å². The summed E-state index contributed by atoms with van der Waals surface area (Å²) in [5.41, 5.74) is -2.20. The van der Waals surface area contributed by atoms with Gasteiger partial charge >= 0.3 is 12.1 Å². The molecule has 1 aromatic carbocycles. The number of alkyl halides is 3. The average Bonchev–Trinajstić information content (AvgIpc) is 2.46. The zero-order valence-corrected chi connectivity index (χ0v) is 11.9. The normalized spacial score (nSPS) is 11.3. The summed E-state index contributed by atoms with van der Waals surface area (Å²) in [5, 5.41) is 9.15. The molecule has 2 rings (SSSR count). The minimum absolute atomic E-state index is 0.0897. The number of carboxylic acid groups (broad SMARTS) is 1. The van der Waals surface area contributed by atoms with Gasteiger partial charge in [-0.05, 0) is 37.3 Å². The van der Waals surface area contributed by atoms with Crippen LogP contribution in [-0.4, -0.2) is 22.2 Å². The van der Waals surface area contributed by atoms with Crippen molar-refractivity contribution in [3.05, 3.63) is 58.0 Å². The highest BCUT2D eigenvalue weighted by Gasteiger charge is 2.30. The van der Waals surface area contributed by atoms with Crippen molar-refractivity contribution >= 4 is 5.97 Å². The van der Waals surface area contributed by atoms with Gasteiger partial charge in [0.25, 0.3) is 5.56 Å². The van der Waals surface area contributed by atoms with E-state index < -0.39 is 28.8 Å². The smallest absolute Gasteiger partial charge is 0.416 e. The second-order valence-electron chi connectivity index (χ2n) is 4.51. The van der Waals surface area contributed by atoms with Crippen LogP contribution in [0.1, 0.15) is 22.8 Å². The first-order chi connectivity index (χ1) is 10.8. The molecule has 0 bridgehead atoms. The predicted molar refractivity (Wildman–Crippen MR) is 75.2 cm³/mol. The number of ether oxygens (including phenoxy) is 1. The fraction of sp³-hybridized carbons (Fsp3) is 0.200. The Bertz CT molecular complexity index is 779. The van der Waals surface area contributed by atoms with Crippen molar-refractivity contribution in [3.63, 3.8) is 0 Å². The summed E-state index contributed by atoms with van der Waals surface area (Å²) < 4.78 is 43.7. The minimum atomic E-state index is -4.49. The Hall–Kier alpha value is -2.77. The summed E-state index contributed by atoms with van der Waals surface area (Å²) >= 11 is 0. The zero-order valence-electron chi connectivity index (χ0n) is 11.9. The van der Waals surface area contributed by atoms with Gasteiger partial charge in [-0.1, -0.05) is 0 Å². The molecule has 0 atom stereocenters. The molecule has 0 aliphatic carbocycles. The molecule has 0 amide bonds. The van der Waals surface area contributed by atoms with Gasteiger partial charge in [0.2, 0.25) is 0 Å². The number of pyridine rings is 1. The van der Waals surface area contributed by atoms with E-state index in [-0.39, 0.29) is 18.0 Å². The van der Waals surface area contributed by atoms with Gasteiger partial charge in [0.15, 0.2) is 5.56 Å². The Morgan fingerprint density at radius 2 is 1.83 bits per heavy atom. The number of nitrogens with zero attached hydrogens (tertiary/aromatic N) is 1. The third-order valence-electron chi connectivity index (χ3n) is 3.04. The van der Waals surface area contributed by atoms with Crippen LogP contribution in [0.25, 0.3) is 5.69 Å². The molecular formula is C15H12F3NO4. The number of rotatable bonds is 4. The molecule has 0 unspecified atom stereocenters. The number of halogens is 3. The van der Waals surface area contributed by atoms with Crippen LogP contribution in [-0.2, 0) is 6.18 Å². The largest absolute Gasteiger partial charge is 0.493 e. The van der Waals surface area contributed by atoms with Gasteiger partial charge in [-0.15, -0.1) is 0 Å². The molecular weight excluding hydrogens is 315 g/mol. The summed E-state index contributed by atoms with van der Waals surface area (Å²) in [6.07, 6.45) is -3.24. The predicted octanol–water partition coefficient (Wildman–Crippen LogP) is 2.95. The molecule has 0 radical (unpaired) electrons. The van der Waals surface area contributed by atoms with Crippen molar-refractivity contribution in [3.8, 4) is 11.4 Å². The van der Waals surface area contributed by atoms with Crippen molar-refractivity contribution in [1.82, 2.24) is 4.57 Å². The topological polar surface area (TPSA) is 68.5 Å². The molecule has 122 valence electrons. The summed E-state index contributed by atoms with van der Waals surface area (Å²) in [5.74, 6) is -1.56. The van der Waals surface area contributed by atoms with Crippen molar-refractivity contribution in [2.24, 2.45) is 0 Å². The standard InChI is InChI=1S/C15H12F3NO4/c1-2-23-11-7-8-19(13(20)12(11)14(21)22)10-5-3-9(4-6-10)15(16,17)18/h3-8H,2H2,1H3,(H,21,22). The van der Waals surface area contributed by atoms with Crippen LogP contribution in [0.2, 0.25) is 0 Å². The van der Waals surface area contributed by atoms with Gasteiger partial charge in [-0.25, -0.2) is 4.79 Å². The number of aromatic carboxylic acids is 1. The molecule has 23 heavy (non-hydrogen) atoms. The van der Waals surface area contributed by atoms with Crippen molar-refractivity contribution in [2.75, 3.05) is 6.61 Å². The van der Waals surface area contributed by atoms with E-state index in [1.165, 1.54) is 12.3 Å². The second-order valence-corrected chi connectivity index (χ2v) is 4.51. The number of hydrogen-bond acceptors (Lipinski definition) is 3. The fourth-order valence-electron chi connectivity index (χ4n) is 2.01. The highest BCUT2D eigenvalue weighted by atomic mass is 19.4. The monoisotopic (exact) mass is 327 g/mol. The SMILES string of the molecule is CCOc1ccn(-c2ccc(C(F)(F)F)cc2)c(=O)c1C(=O)O. The van der Waals surface area contributed by atoms with Gasteiger partial charge in [0.05, 0.1) is 12.2 Å². The molecule has 0 saturated heterocycles. The van der Waals surface area contributed by atoms with Gasteiger partial charge in [-0.3, -0.25) is 9.36 Å². The van der Waals surface area contributed by atoms with Gasteiger partial charge < -0.3 is 9.84 Å². The molecule has 2 aromatic rings. The molecule has 1 aromatic heterocycles. The Balaban J connectivity index is 2.54. The number of carboxylic acids is 1. The Morgan fingerprint density at radius 3 is 2.30 bits per heavy atom. The van der Waals surface area contributed by atoms with Crippen LogP contribution >= 0.6 is 0 Å². The molecule has 0 spiro atoms. The van der Waals surface area contributed by atoms with E-state index in [9.17, 15) is 22.8 Å². The lowest BCUT2D eigenvalue weighted by atomic mass is 10.2. The Kier molecular flexibility index (Phi) is 4.44. The maximum absolute atomic E-state index is 12.5. The van der Waals surface area contributed by atoms with E-state index >= 15 is 0 Å². The minimum Gasteiger partial charge on any atom is -0.493 e. The van der Waals surface area contributed by atoms with Gasteiger partial charge in [0.1, 0.15) is 5.75 Å². The lowest BCUT2D eigenvalue weighted by Gasteiger charge is -2.12. The molecule has 0 aliphatic heterocycles. The highest BCUT2D eigenvalue weighted by molar-refractivity contribution is 5.90. The molecule has 0 saturated carbocycles. The van der Waals surface area contributed by atoms with E-state index in [1.54, 1.807) is 6.92 Å². The number of benzene rings is 1. The van der Waals surface area contributed by atoms with Crippen molar-refractivity contribution < 1.29 is 27.8 Å². The summed E-state index contributed by atoms with van der Waals surface area (Å²) in [7, 11) is 0. The van der Waals surface area contributed by atoms with E-state index in [2.05, 4.69) is 0 Å². The zero-order chi connectivity index (χ0) is 17.2. The van der Waals surface area contributed by atoms with Gasteiger partial charge in [-0.2, -0.15) is 13.2 Å². The Morgan fingerprint density at radius 1 is 1.22 bits per heavy atom. The van der Waals surface area contributed by atoms with E-state index in [0.29, 0.717) is 0 Å². The van der Waals surface area contributed by atoms with E-state index in [1.807, 2.05) is 0 Å². The summed E-state index contributed by atoms with van der Waals surface area (Å²) in [4.78, 5) is 23.5. The van der Waals surface area contributed by atoms with Gasteiger partial charge in [0, 0.05) is 11.9 Å². The third-order valence-corrected chi connectivity index (χ3v) is 3.04. The summed E-state index contributed by atoms with van der Waals surface area (Å²) in [6, 6.07) is 5.11. The van der Waals surface area contributed by atoms with Crippen LogP contribution in [0.5, 0.6) is 5.75 Å². The lowest BCUT2D eigenvalue weighted by Crippen LogP contribution is -2.26. The average molecular weight is 327 g/mol. The second kappa shape index (κ2) is 6.15. The first kappa shape index (κ1) is 16.6. The maximum Gasteiger partial charge on any atom is 0.416 e. The fourth-order valence-corrected chi connectivity index (χ4v) is 2.01. The quantitative estimate of drug-likeness (QED) is 0.937. The first-order valence-corrected chi connectivity index (χ1v) is 6.55. The molecule has 8 heteroatoms. The molecule has 1 N–H and O–H groups in total. The van der Waals surface area contributed by atoms with Crippen LogP contribution in [0.3, 0.4) is 0 Å². The molecule has 0 aliphatic rings. The highest BCUT2D eigenvalue weighted by Crippen LogP contribution is 2.29. The van der Waals surface area contributed by atoms with E-state index in [0.717, 1.165) is 28.8 Å². The maximum atomic E-state index is 12.5. The lowest BCUT2D eigenvalue weighted by molar-refractivity contribution is -0.137.